The number of nitrogens with two attached hydrogens (primary N) is 1. The van der Waals surface area contributed by atoms with Crippen molar-refractivity contribution in [3.05, 3.63) is 34.4 Å². The van der Waals surface area contributed by atoms with E-state index in [4.69, 9.17) is 10.5 Å². The van der Waals surface area contributed by atoms with Crippen LogP contribution in [0.4, 0.5) is 5.69 Å². The second-order valence-electron chi connectivity index (χ2n) is 6.63. The Morgan fingerprint density at radius 2 is 1.92 bits per heavy atom. The molecule has 1 atom stereocenters. The number of nitro groups is 1. The lowest BCUT2D eigenvalue weighted by atomic mass is 10.0. The zero-order valence-electron chi connectivity index (χ0n) is 14.2. The number of hydrogen-bond donors (Lipinski definition) is 1. The van der Waals surface area contributed by atoms with Crippen molar-refractivity contribution in [2.24, 2.45) is 11.7 Å². The van der Waals surface area contributed by atoms with Gasteiger partial charge in [-0.25, -0.2) is 0 Å². The number of carbonyl (C=O) groups is 1. The Labute approximate surface area is 141 Å². The van der Waals surface area contributed by atoms with E-state index in [1.807, 2.05) is 4.90 Å². The van der Waals surface area contributed by atoms with Crippen LogP contribution in [0.3, 0.4) is 0 Å². The molecule has 1 aromatic rings. The number of carbonyl (C=O) groups excluding carboxylic acids is 1. The van der Waals surface area contributed by atoms with Crippen LogP contribution in [0, 0.1) is 16.0 Å². The number of ether oxygens (including phenoxy) is 1. The van der Waals surface area contributed by atoms with Gasteiger partial charge in [-0.1, -0.05) is 13.8 Å². The fraction of sp³-hybridized carbons (Fsp3) is 0.588. The molecule has 1 heterocycles. The van der Waals surface area contributed by atoms with Crippen molar-refractivity contribution in [1.29, 1.82) is 0 Å². The van der Waals surface area contributed by atoms with Crippen molar-refractivity contribution in [1.82, 2.24) is 4.90 Å². The van der Waals surface area contributed by atoms with Gasteiger partial charge in [-0.15, -0.1) is 0 Å². The van der Waals surface area contributed by atoms with Crippen LogP contribution in [0.1, 0.15) is 33.1 Å². The number of hydrogen-bond acceptors (Lipinski definition) is 5. The molecule has 132 valence electrons. The average molecular weight is 335 g/mol. The van der Waals surface area contributed by atoms with Crippen molar-refractivity contribution in [3.8, 4) is 5.75 Å². The van der Waals surface area contributed by atoms with Crippen molar-refractivity contribution < 1.29 is 14.5 Å². The number of amides is 1. The van der Waals surface area contributed by atoms with Gasteiger partial charge in [0.05, 0.1) is 11.0 Å². The number of piperidine rings is 1. The summed E-state index contributed by atoms with van der Waals surface area (Å²) < 4.78 is 5.85. The maximum Gasteiger partial charge on any atom is 0.269 e. The fourth-order valence-corrected chi connectivity index (χ4v) is 2.88. The van der Waals surface area contributed by atoms with Crippen LogP contribution < -0.4 is 10.5 Å². The molecule has 0 spiro atoms. The summed E-state index contributed by atoms with van der Waals surface area (Å²) in [4.78, 5) is 24.3. The van der Waals surface area contributed by atoms with Crippen molar-refractivity contribution in [3.63, 3.8) is 0 Å². The van der Waals surface area contributed by atoms with E-state index in [1.54, 1.807) is 12.1 Å². The average Bonchev–Trinajstić information content (AvgIpc) is 2.54. The molecule has 1 saturated heterocycles. The second kappa shape index (κ2) is 8.10. The highest BCUT2D eigenvalue weighted by Crippen LogP contribution is 2.22. The topological polar surface area (TPSA) is 98.7 Å². The summed E-state index contributed by atoms with van der Waals surface area (Å²) in [7, 11) is 0. The van der Waals surface area contributed by atoms with Crippen molar-refractivity contribution in [2.45, 2.75) is 45.3 Å². The van der Waals surface area contributed by atoms with Gasteiger partial charge in [0.15, 0.2) is 0 Å². The number of likely N-dealkylation sites (tertiary alicyclic amines) is 1. The predicted octanol–water partition coefficient (Wildman–Crippen LogP) is 2.34. The summed E-state index contributed by atoms with van der Waals surface area (Å²) in [5, 5.41) is 10.6. The second-order valence-corrected chi connectivity index (χ2v) is 6.63. The SMILES string of the molecule is CC(C)C[C@H](N)C(=O)N1CCC(Oc2ccc([N+](=O)[O-])cc2)CC1. The van der Waals surface area contributed by atoms with Crippen LogP contribution in [0.25, 0.3) is 0 Å². The zero-order chi connectivity index (χ0) is 17.7. The largest absolute Gasteiger partial charge is 0.490 e. The van der Waals surface area contributed by atoms with Gasteiger partial charge < -0.3 is 15.4 Å². The summed E-state index contributed by atoms with van der Waals surface area (Å²) in [5.74, 6) is 1.02. The van der Waals surface area contributed by atoms with Crippen LogP contribution in [0.5, 0.6) is 5.75 Å². The van der Waals surface area contributed by atoms with E-state index >= 15 is 0 Å². The molecule has 1 fully saturated rings. The minimum absolute atomic E-state index is 0.0110. The number of benzene rings is 1. The van der Waals surface area contributed by atoms with E-state index in [9.17, 15) is 14.9 Å². The molecule has 2 N–H and O–H groups in total. The molecule has 0 saturated carbocycles. The van der Waals surface area contributed by atoms with E-state index < -0.39 is 11.0 Å². The molecule has 1 aromatic carbocycles. The minimum Gasteiger partial charge on any atom is -0.490 e. The van der Waals surface area contributed by atoms with Crippen LogP contribution in [-0.2, 0) is 4.79 Å². The number of rotatable bonds is 6. The molecule has 24 heavy (non-hydrogen) atoms. The van der Waals surface area contributed by atoms with Crippen LogP contribution >= 0.6 is 0 Å². The van der Waals surface area contributed by atoms with E-state index in [1.165, 1.54) is 12.1 Å². The van der Waals surface area contributed by atoms with Crippen LogP contribution in [-0.4, -0.2) is 41.0 Å². The standard InChI is InChI=1S/C17H25N3O4/c1-12(2)11-16(18)17(21)19-9-7-15(8-10-19)24-14-5-3-13(4-6-14)20(22)23/h3-6,12,15-16H,7-11,18H2,1-2H3/t16-/m0/s1. The van der Waals surface area contributed by atoms with Gasteiger partial charge >= 0.3 is 0 Å². The highest BCUT2D eigenvalue weighted by atomic mass is 16.6. The Kier molecular flexibility index (Phi) is 6.14. The molecule has 7 nitrogen and oxygen atoms in total. The van der Waals surface area contributed by atoms with Gasteiger partial charge in [-0.3, -0.25) is 14.9 Å². The van der Waals surface area contributed by atoms with Gasteiger partial charge in [-0.2, -0.15) is 0 Å². The van der Waals surface area contributed by atoms with Crippen LogP contribution in [0.2, 0.25) is 0 Å². The third kappa shape index (κ3) is 4.92. The predicted molar refractivity (Wildman–Crippen MR) is 90.8 cm³/mol. The first-order valence-corrected chi connectivity index (χ1v) is 8.32. The number of non-ortho nitro benzene ring substituents is 1. The van der Waals surface area contributed by atoms with Gasteiger partial charge in [0.1, 0.15) is 11.9 Å². The van der Waals surface area contributed by atoms with E-state index in [2.05, 4.69) is 13.8 Å². The Balaban J connectivity index is 1.82. The van der Waals surface area contributed by atoms with E-state index in [-0.39, 0.29) is 17.7 Å². The molecule has 0 aromatic heterocycles. The lowest BCUT2D eigenvalue weighted by Crippen LogP contribution is -2.49. The van der Waals surface area contributed by atoms with Crippen molar-refractivity contribution in [2.75, 3.05) is 13.1 Å². The third-order valence-corrected chi connectivity index (χ3v) is 4.15. The van der Waals surface area contributed by atoms with Gasteiger partial charge in [0, 0.05) is 38.1 Å². The summed E-state index contributed by atoms with van der Waals surface area (Å²) in [6.45, 7) is 5.36. The minimum atomic E-state index is -0.436. The molecule has 1 aliphatic heterocycles. The van der Waals surface area contributed by atoms with Gasteiger partial charge in [0.2, 0.25) is 5.91 Å². The molecular weight excluding hydrogens is 310 g/mol. The summed E-state index contributed by atoms with van der Waals surface area (Å²) >= 11 is 0. The maximum absolute atomic E-state index is 12.3. The lowest BCUT2D eigenvalue weighted by molar-refractivity contribution is -0.384. The van der Waals surface area contributed by atoms with Gasteiger partial charge in [0.25, 0.3) is 5.69 Å². The maximum atomic E-state index is 12.3. The first-order valence-electron chi connectivity index (χ1n) is 8.32. The fourth-order valence-electron chi connectivity index (χ4n) is 2.88. The first-order chi connectivity index (χ1) is 11.4. The molecule has 7 heteroatoms. The van der Waals surface area contributed by atoms with E-state index in [0.29, 0.717) is 31.2 Å². The molecule has 0 bridgehead atoms. The third-order valence-electron chi connectivity index (χ3n) is 4.15. The Bertz CT molecular complexity index is 566. The zero-order valence-corrected chi connectivity index (χ0v) is 14.2. The number of nitro benzene ring substituents is 1. The molecular formula is C17H25N3O4. The molecule has 0 aliphatic carbocycles. The summed E-state index contributed by atoms with van der Waals surface area (Å²) in [6.07, 6.45) is 2.17. The summed E-state index contributed by atoms with van der Waals surface area (Å²) in [6, 6.07) is 5.64. The molecule has 0 unspecified atom stereocenters. The van der Waals surface area contributed by atoms with Crippen LogP contribution in [0.15, 0.2) is 24.3 Å². The Morgan fingerprint density at radius 1 is 1.33 bits per heavy atom. The van der Waals surface area contributed by atoms with Gasteiger partial charge in [-0.05, 0) is 24.5 Å². The normalized spacial score (nSPS) is 16.9. The molecule has 1 amide bonds. The lowest BCUT2D eigenvalue weighted by Gasteiger charge is -2.33. The highest BCUT2D eigenvalue weighted by Gasteiger charge is 2.27. The molecule has 2 rings (SSSR count). The quantitative estimate of drug-likeness (QED) is 0.635. The Morgan fingerprint density at radius 3 is 2.42 bits per heavy atom. The van der Waals surface area contributed by atoms with E-state index in [0.717, 1.165) is 12.8 Å². The summed E-state index contributed by atoms with van der Waals surface area (Å²) in [5.41, 5.74) is 6.01. The smallest absolute Gasteiger partial charge is 0.269 e. The number of nitrogens with zero attached hydrogens (tertiary/aromatic N) is 2. The highest BCUT2D eigenvalue weighted by molar-refractivity contribution is 5.81. The first kappa shape index (κ1) is 18.2. The molecule has 0 radical (unpaired) electrons. The van der Waals surface area contributed by atoms with Crippen molar-refractivity contribution >= 4 is 11.6 Å². The monoisotopic (exact) mass is 335 g/mol. The molecule has 1 aliphatic rings. The Hall–Kier alpha value is -2.15.